The Bertz CT molecular complexity index is 592. The highest BCUT2D eigenvalue weighted by atomic mass is 32.1. The van der Waals surface area contributed by atoms with Gasteiger partial charge in [-0.25, -0.2) is 4.98 Å². The minimum atomic E-state index is 0.834. The fourth-order valence-electron chi connectivity index (χ4n) is 2.27. The van der Waals surface area contributed by atoms with E-state index in [4.69, 9.17) is 0 Å². The van der Waals surface area contributed by atoms with Gasteiger partial charge in [-0.1, -0.05) is 30.3 Å². The average molecular weight is 331 g/mol. The number of hydrogen-bond donors (Lipinski definition) is 2. The molecule has 1 heterocycles. The van der Waals surface area contributed by atoms with Crippen molar-refractivity contribution < 1.29 is 0 Å². The van der Waals surface area contributed by atoms with Crippen molar-refractivity contribution in [3.63, 3.8) is 0 Å². The first-order valence-corrected chi connectivity index (χ1v) is 9.07. The van der Waals surface area contributed by atoms with Crippen LogP contribution >= 0.6 is 11.3 Å². The van der Waals surface area contributed by atoms with E-state index in [-0.39, 0.29) is 0 Å². The Morgan fingerprint density at radius 2 is 2.00 bits per heavy atom. The third-order valence-electron chi connectivity index (χ3n) is 3.38. The van der Waals surface area contributed by atoms with Gasteiger partial charge in [0.25, 0.3) is 0 Å². The summed E-state index contributed by atoms with van der Waals surface area (Å²) in [6.45, 7) is 6.75. The van der Waals surface area contributed by atoms with Gasteiger partial charge in [0, 0.05) is 37.1 Å². The fraction of sp³-hybridized carbons (Fsp3) is 0.444. The molecule has 2 aromatic rings. The van der Waals surface area contributed by atoms with Gasteiger partial charge >= 0.3 is 0 Å². The van der Waals surface area contributed by atoms with Gasteiger partial charge in [0.2, 0.25) is 0 Å². The van der Waals surface area contributed by atoms with Crippen LogP contribution in [0.4, 0.5) is 0 Å². The molecule has 2 N–H and O–H groups in total. The molecule has 0 aliphatic heterocycles. The Hall–Kier alpha value is -1.88. The van der Waals surface area contributed by atoms with E-state index in [2.05, 4.69) is 64.8 Å². The largest absolute Gasteiger partial charge is 0.357 e. The number of aromatic nitrogens is 1. The van der Waals surface area contributed by atoms with Crippen LogP contribution in [-0.4, -0.2) is 30.6 Å². The Morgan fingerprint density at radius 3 is 2.70 bits per heavy atom. The van der Waals surface area contributed by atoms with Crippen LogP contribution in [0.25, 0.3) is 0 Å². The van der Waals surface area contributed by atoms with Gasteiger partial charge in [-0.2, -0.15) is 0 Å². The van der Waals surface area contributed by atoms with Crippen LogP contribution in [0.3, 0.4) is 0 Å². The van der Waals surface area contributed by atoms with Crippen molar-refractivity contribution in [1.29, 1.82) is 0 Å². The van der Waals surface area contributed by atoms with E-state index in [9.17, 15) is 0 Å². The third-order valence-corrected chi connectivity index (χ3v) is 4.35. The van der Waals surface area contributed by atoms with Crippen molar-refractivity contribution >= 4 is 17.3 Å². The van der Waals surface area contributed by atoms with E-state index in [1.165, 1.54) is 15.4 Å². The molecule has 5 heteroatoms. The zero-order chi connectivity index (χ0) is 16.3. The van der Waals surface area contributed by atoms with Gasteiger partial charge in [0.15, 0.2) is 5.96 Å². The molecule has 0 fully saturated rings. The van der Waals surface area contributed by atoms with E-state index >= 15 is 0 Å². The molecule has 0 amide bonds. The second-order valence-corrected chi connectivity index (χ2v) is 6.71. The molecule has 0 saturated heterocycles. The summed E-state index contributed by atoms with van der Waals surface area (Å²) < 4.78 is 0. The molecule has 2 rings (SSSR count). The number of benzene rings is 1. The monoisotopic (exact) mass is 330 g/mol. The Labute approximate surface area is 143 Å². The summed E-state index contributed by atoms with van der Waals surface area (Å²) in [5.74, 6) is 0.897. The van der Waals surface area contributed by atoms with Crippen molar-refractivity contribution in [2.75, 3.05) is 19.6 Å². The molecule has 0 radical (unpaired) electrons. The maximum atomic E-state index is 4.64. The average Bonchev–Trinajstić information content (AvgIpc) is 2.98. The maximum absolute atomic E-state index is 4.64. The van der Waals surface area contributed by atoms with E-state index in [1.807, 2.05) is 6.20 Å². The normalized spacial score (nSPS) is 11.5. The number of aryl methyl sites for hydroxylation is 2. The van der Waals surface area contributed by atoms with Crippen LogP contribution < -0.4 is 10.6 Å². The quantitative estimate of drug-likeness (QED) is 0.444. The number of nitrogens with zero attached hydrogens (tertiary/aromatic N) is 2. The predicted molar refractivity (Wildman–Crippen MR) is 99.3 cm³/mol. The Kier molecular flexibility index (Phi) is 7.60. The molecule has 0 atom stereocenters. The minimum absolute atomic E-state index is 0.834. The summed E-state index contributed by atoms with van der Waals surface area (Å²) in [6, 6.07) is 10.6. The number of aliphatic imine (C=N–C) groups is 1. The zero-order valence-electron chi connectivity index (χ0n) is 14.0. The topological polar surface area (TPSA) is 49.3 Å². The SMILES string of the molecule is CCNC(=NCCCc1ccccc1)NCCc1ncc(C)s1. The first kappa shape index (κ1) is 17.5. The van der Waals surface area contributed by atoms with E-state index in [0.717, 1.165) is 44.9 Å². The minimum Gasteiger partial charge on any atom is -0.357 e. The van der Waals surface area contributed by atoms with Crippen molar-refractivity contribution in [1.82, 2.24) is 15.6 Å². The van der Waals surface area contributed by atoms with Crippen LogP contribution in [0.15, 0.2) is 41.5 Å². The standard InChI is InChI=1S/C18H26N4S/c1-3-19-18(21-13-11-17-22-14-15(2)23-17)20-12-7-10-16-8-5-4-6-9-16/h4-6,8-9,14H,3,7,10-13H2,1-2H3,(H2,19,20,21). The number of thiazole rings is 1. The van der Waals surface area contributed by atoms with Gasteiger partial charge in [0.05, 0.1) is 5.01 Å². The highest BCUT2D eigenvalue weighted by molar-refractivity contribution is 7.11. The molecule has 0 aliphatic rings. The summed E-state index contributed by atoms with van der Waals surface area (Å²) in [4.78, 5) is 10.3. The van der Waals surface area contributed by atoms with Gasteiger partial charge in [-0.15, -0.1) is 11.3 Å². The molecular formula is C18H26N4S. The first-order valence-electron chi connectivity index (χ1n) is 8.25. The Balaban J connectivity index is 1.71. The highest BCUT2D eigenvalue weighted by Gasteiger charge is 2.00. The van der Waals surface area contributed by atoms with E-state index in [0.29, 0.717) is 0 Å². The van der Waals surface area contributed by atoms with Gasteiger partial charge in [0.1, 0.15) is 0 Å². The molecular weight excluding hydrogens is 304 g/mol. The summed E-state index contributed by atoms with van der Waals surface area (Å²) in [5, 5.41) is 7.85. The molecule has 4 nitrogen and oxygen atoms in total. The summed E-state index contributed by atoms with van der Waals surface area (Å²) in [5.41, 5.74) is 1.37. The predicted octanol–water partition coefficient (Wildman–Crippen LogP) is 3.18. The molecule has 0 bridgehead atoms. The second-order valence-electron chi connectivity index (χ2n) is 5.39. The van der Waals surface area contributed by atoms with Gasteiger partial charge < -0.3 is 10.6 Å². The number of guanidine groups is 1. The number of rotatable bonds is 8. The lowest BCUT2D eigenvalue weighted by Crippen LogP contribution is -2.38. The van der Waals surface area contributed by atoms with Crippen molar-refractivity contribution in [3.05, 3.63) is 52.0 Å². The fourth-order valence-corrected chi connectivity index (χ4v) is 3.05. The molecule has 0 unspecified atom stereocenters. The lowest BCUT2D eigenvalue weighted by molar-refractivity contribution is 0.775. The molecule has 0 spiro atoms. The number of hydrogen-bond acceptors (Lipinski definition) is 3. The second kappa shape index (κ2) is 10.0. The molecule has 23 heavy (non-hydrogen) atoms. The third kappa shape index (κ3) is 6.82. The maximum Gasteiger partial charge on any atom is 0.191 e. The molecule has 0 aliphatic carbocycles. The number of nitrogens with one attached hydrogen (secondary N) is 2. The van der Waals surface area contributed by atoms with Crippen molar-refractivity contribution in [3.8, 4) is 0 Å². The van der Waals surface area contributed by atoms with Gasteiger partial charge in [-0.3, -0.25) is 4.99 Å². The van der Waals surface area contributed by atoms with Crippen LogP contribution in [-0.2, 0) is 12.8 Å². The molecule has 1 aromatic carbocycles. The van der Waals surface area contributed by atoms with Crippen molar-refractivity contribution in [2.24, 2.45) is 4.99 Å². The van der Waals surface area contributed by atoms with Crippen LogP contribution in [0.2, 0.25) is 0 Å². The van der Waals surface area contributed by atoms with E-state index < -0.39 is 0 Å². The molecule has 1 aromatic heterocycles. The van der Waals surface area contributed by atoms with Crippen LogP contribution in [0.5, 0.6) is 0 Å². The highest BCUT2D eigenvalue weighted by Crippen LogP contribution is 2.10. The lowest BCUT2D eigenvalue weighted by atomic mass is 10.1. The van der Waals surface area contributed by atoms with Crippen LogP contribution in [0, 0.1) is 6.92 Å². The smallest absolute Gasteiger partial charge is 0.191 e. The van der Waals surface area contributed by atoms with E-state index in [1.54, 1.807) is 11.3 Å². The summed E-state index contributed by atoms with van der Waals surface area (Å²) in [6.07, 6.45) is 5.00. The van der Waals surface area contributed by atoms with Gasteiger partial charge in [-0.05, 0) is 32.3 Å². The lowest BCUT2D eigenvalue weighted by Gasteiger charge is -2.10. The molecule has 0 saturated carbocycles. The van der Waals surface area contributed by atoms with Crippen molar-refractivity contribution in [2.45, 2.75) is 33.1 Å². The summed E-state index contributed by atoms with van der Waals surface area (Å²) in [7, 11) is 0. The molecule has 124 valence electrons. The van der Waals surface area contributed by atoms with Crippen LogP contribution in [0.1, 0.15) is 28.8 Å². The zero-order valence-corrected chi connectivity index (χ0v) is 14.8. The summed E-state index contributed by atoms with van der Waals surface area (Å²) >= 11 is 1.76. The first-order chi connectivity index (χ1) is 11.3. The Morgan fingerprint density at radius 1 is 1.17 bits per heavy atom.